The van der Waals surface area contributed by atoms with E-state index in [-0.39, 0.29) is 0 Å². The monoisotopic (exact) mass is 273 g/mol. The lowest BCUT2D eigenvalue weighted by molar-refractivity contribution is 0.205. The van der Waals surface area contributed by atoms with Gasteiger partial charge in [-0.05, 0) is 37.6 Å². The van der Waals surface area contributed by atoms with Crippen LogP contribution >= 0.6 is 0 Å². The predicted octanol–water partition coefficient (Wildman–Crippen LogP) is 2.21. The van der Waals surface area contributed by atoms with E-state index in [9.17, 15) is 0 Å². The Labute approximate surface area is 120 Å². The molecule has 1 aromatic carbocycles. The van der Waals surface area contributed by atoms with Gasteiger partial charge < -0.3 is 15.4 Å². The van der Waals surface area contributed by atoms with Crippen LogP contribution in [0.1, 0.15) is 12.5 Å². The van der Waals surface area contributed by atoms with Crippen LogP contribution in [0.25, 0.3) is 10.9 Å². The minimum absolute atomic E-state index is 0.634. The topological polar surface area (TPSA) is 51.4 Å². The Morgan fingerprint density at radius 2 is 2.10 bits per heavy atom. The number of rotatable bonds is 7. The van der Waals surface area contributed by atoms with Crippen molar-refractivity contribution < 1.29 is 4.74 Å². The quantitative estimate of drug-likeness (QED) is 0.840. The molecule has 0 fully saturated rings. The highest BCUT2D eigenvalue weighted by Gasteiger charge is 2.12. The van der Waals surface area contributed by atoms with Crippen molar-refractivity contribution in [3.05, 3.63) is 35.9 Å². The van der Waals surface area contributed by atoms with Crippen LogP contribution in [0.15, 0.2) is 30.3 Å². The first-order valence-corrected chi connectivity index (χ1v) is 7.12. The summed E-state index contributed by atoms with van der Waals surface area (Å²) in [5, 5.41) is 1.17. The Morgan fingerprint density at radius 1 is 1.30 bits per heavy atom. The lowest BCUT2D eigenvalue weighted by Crippen LogP contribution is -2.29. The van der Waals surface area contributed by atoms with Gasteiger partial charge in [0.1, 0.15) is 5.82 Å². The van der Waals surface area contributed by atoms with Gasteiger partial charge in [-0.2, -0.15) is 0 Å². The summed E-state index contributed by atoms with van der Waals surface area (Å²) in [7, 11) is 1.72. The third-order valence-corrected chi connectivity index (χ3v) is 3.44. The van der Waals surface area contributed by atoms with E-state index >= 15 is 0 Å². The summed E-state index contributed by atoms with van der Waals surface area (Å²) >= 11 is 0. The van der Waals surface area contributed by atoms with Gasteiger partial charge in [0.05, 0.1) is 12.1 Å². The second-order valence-corrected chi connectivity index (χ2v) is 4.77. The average Bonchev–Trinajstić information content (AvgIpc) is 2.48. The number of para-hydroxylation sites is 1. The molecule has 0 radical (unpaired) electrons. The minimum atomic E-state index is 0.634. The van der Waals surface area contributed by atoms with Gasteiger partial charge in [-0.1, -0.05) is 18.2 Å². The van der Waals surface area contributed by atoms with Crippen LogP contribution in [-0.4, -0.2) is 38.3 Å². The zero-order valence-corrected chi connectivity index (χ0v) is 12.3. The van der Waals surface area contributed by atoms with Crippen LogP contribution in [0.2, 0.25) is 0 Å². The maximum atomic E-state index is 5.74. The maximum absolute atomic E-state index is 5.74. The number of methoxy groups -OCH3 is 1. The van der Waals surface area contributed by atoms with E-state index in [0.717, 1.165) is 30.8 Å². The lowest BCUT2D eigenvalue weighted by atomic mass is 10.1. The number of benzene rings is 1. The van der Waals surface area contributed by atoms with E-state index < -0.39 is 0 Å². The fourth-order valence-corrected chi connectivity index (χ4v) is 2.38. The summed E-state index contributed by atoms with van der Waals surface area (Å²) in [6.45, 7) is 5.22. The van der Waals surface area contributed by atoms with Crippen molar-refractivity contribution >= 4 is 16.7 Å². The van der Waals surface area contributed by atoms with Gasteiger partial charge in [0.25, 0.3) is 0 Å². The fraction of sp³-hybridized carbons (Fsp3) is 0.438. The third kappa shape index (κ3) is 3.26. The molecule has 0 aliphatic carbocycles. The number of nitrogens with zero attached hydrogens (tertiary/aromatic N) is 2. The predicted molar refractivity (Wildman–Crippen MR) is 84.3 cm³/mol. The van der Waals surface area contributed by atoms with Gasteiger partial charge in [0, 0.05) is 25.6 Å². The molecule has 0 saturated carbocycles. The Morgan fingerprint density at radius 3 is 2.80 bits per heavy atom. The summed E-state index contributed by atoms with van der Waals surface area (Å²) in [5.41, 5.74) is 7.98. The zero-order valence-electron chi connectivity index (χ0n) is 12.3. The minimum Gasteiger partial charge on any atom is -0.383 e. The molecule has 0 bridgehead atoms. The molecule has 0 aliphatic rings. The molecule has 0 saturated heterocycles. The molecule has 0 aliphatic heterocycles. The van der Waals surface area contributed by atoms with Gasteiger partial charge in [-0.25, -0.2) is 4.98 Å². The number of hydrogen-bond acceptors (Lipinski definition) is 4. The summed E-state index contributed by atoms with van der Waals surface area (Å²) in [5.74, 6) is 1.04. The second kappa shape index (κ2) is 7.22. The molecule has 108 valence electrons. The fourth-order valence-electron chi connectivity index (χ4n) is 2.38. The molecule has 0 spiro atoms. The molecule has 2 aromatic rings. The smallest absolute Gasteiger partial charge is 0.132 e. The number of fused-ring (bicyclic) bond motifs is 1. The van der Waals surface area contributed by atoms with Crippen LogP contribution in [0.4, 0.5) is 5.82 Å². The molecule has 0 atom stereocenters. The average molecular weight is 273 g/mol. The molecule has 2 N–H and O–H groups in total. The first-order chi connectivity index (χ1) is 9.80. The Hall–Kier alpha value is -1.65. The molecule has 2 rings (SSSR count). The molecule has 4 heteroatoms. The largest absolute Gasteiger partial charge is 0.383 e. The van der Waals surface area contributed by atoms with Crippen LogP contribution < -0.4 is 10.6 Å². The Balaban J connectivity index is 2.44. The highest BCUT2D eigenvalue weighted by atomic mass is 16.5. The van der Waals surface area contributed by atoms with E-state index in [1.165, 1.54) is 10.9 Å². The van der Waals surface area contributed by atoms with E-state index in [1.54, 1.807) is 7.11 Å². The summed E-state index contributed by atoms with van der Waals surface area (Å²) in [4.78, 5) is 7.08. The van der Waals surface area contributed by atoms with Crippen LogP contribution in [0, 0.1) is 0 Å². The number of pyridine rings is 1. The van der Waals surface area contributed by atoms with Crippen molar-refractivity contribution in [3.63, 3.8) is 0 Å². The molecule has 0 unspecified atom stereocenters. The second-order valence-electron chi connectivity index (χ2n) is 4.77. The highest BCUT2D eigenvalue weighted by molar-refractivity contribution is 5.81. The highest BCUT2D eigenvalue weighted by Crippen LogP contribution is 2.23. The first kappa shape index (κ1) is 14.8. The summed E-state index contributed by atoms with van der Waals surface area (Å²) < 4.78 is 5.19. The molecule has 1 heterocycles. The first-order valence-electron chi connectivity index (χ1n) is 7.12. The number of aromatic nitrogens is 1. The molecular weight excluding hydrogens is 250 g/mol. The summed E-state index contributed by atoms with van der Waals surface area (Å²) in [6, 6.07) is 10.4. The van der Waals surface area contributed by atoms with E-state index in [1.807, 2.05) is 12.1 Å². The number of nitrogens with two attached hydrogens (primary N) is 1. The van der Waals surface area contributed by atoms with Gasteiger partial charge in [-0.15, -0.1) is 0 Å². The molecule has 4 nitrogen and oxygen atoms in total. The van der Waals surface area contributed by atoms with Gasteiger partial charge in [0.15, 0.2) is 0 Å². The van der Waals surface area contributed by atoms with Crippen LogP contribution in [-0.2, 0) is 11.2 Å². The molecule has 1 aromatic heterocycles. The third-order valence-electron chi connectivity index (χ3n) is 3.44. The number of likely N-dealkylation sites (N-methyl/N-ethyl adjacent to an activating group) is 1. The summed E-state index contributed by atoms with van der Waals surface area (Å²) in [6.07, 6.45) is 0.844. The van der Waals surface area contributed by atoms with Gasteiger partial charge in [-0.3, -0.25) is 0 Å². The van der Waals surface area contributed by atoms with Crippen LogP contribution in [0.5, 0.6) is 0 Å². The SMILES string of the molecule is CCN(CCOC)c1nc2ccccc2cc1CCN. The van der Waals surface area contributed by atoms with E-state index in [2.05, 4.69) is 30.0 Å². The maximum Gasteiger partial charge on any atom is 0.132 e. The Kier molecular flexibility index (Phi) is 5.32. The number of anilines is 1. The van der Waals surface area contributed by atoms with Crippen molar-refractivity contribution in [3.8, 4) is 0 Å². The normalized spacial score (nSPS) is 10.9. The Bertz CT molecular complexity index is 556. The van der Waals surface area contributed by atoms with Crippen LogP contribution in [0.3, 0.4) is 0 Å². The van der Waals surface area contributed by atoms with Crippen molar-refractivity contribution in [2.75, 3.05) is 38.3 Å². The van der Waals surface area contributed by atoms with Crippen molar-refractivity contribution in [1.82, 2.24) is 4.98 Å². The van der Waals surface area contributed by atoms with Gasteiger partial charge >= 0.3 is 0 Å². The van der Waals surface area contributed by atoms with E-state index in [0.29, 0.717) is 13.2 Å². The number of ether oxygens (including phenoxy) is 1. The zero-order chi connectivity index (χ0) is 14.4. The van der Waals surface area contributed by atoms with Crippen molar-refractivity contribution in [2.45, 2.75) is 13.3 Å². The van der Waals surface area contributed by atoms with Gasteiger partial charge in [0.2, 0.25) is 0 Å². The number of hydrogen-bond donors (Lipinski definition) is 1. The lowest BCUT2D eigenvalue weighted by Gasteiger charge is -2.24. The standard InChI is InChI=1S/C16H23N3O/c1-3-19(10-11-20-2)16-14(8-9-17)12-13-6-4-5-7-15(13)18-16/h4-7,12H,3,8-11,17H2,1-2H3. The molecular formula is C16H23N3O. The van der Waals surface area contributed by atoms with Crippen molar-refractivity contribution in [1.29, 1.82) is 0 Å². The van der Waals surface area contributed by atoms with Crippen molar-refractivity contribution in [2.24, 2.45) is 5.73 Å². The van der Waals surface area contributed by atoms with E-state index in [4.69, 9.17) is 15.5 Å². The molecule has 0 amide bonds. The molecule has 20 heavy (non-hydrogen) atoms.